The van der Waals surface area contributed by atoms with Crippen LogP contribution in [0.25, 0.3) is 0 Å². The number of carbonyl (C=O) groups excluding carboxylic acids is 2. The van der Waals surface area contributed by atoms with Crippen molar-refractivity contribution in [1.82, 2.24) is 0 Å². The Morgan fingerprint density at radius 1 is 0.964 bits per heavy atom. The summed E-state index contributed by atoms with van der Waals surface area (Å²) in [6.45, 7) is 3.06. The third-order valence-electron chi connectivity index (χ3n) is 4.31. The second-order valence-corrected chi connectivity index (χ2v) is 6.80. The third-order valence-corrected chi connectivity index (χ3v) is 4.31. The smallest absolute Gasteiger partial charge is 0.345 e. The van der Waals surface area contributed by atoms with Crippen molar-refractivity contribution in [2.45, 2.75) is 70.8 Å². The number of carbonyl (C=O) groups is 3. The highest BCUT2D eigenvalue weighted by Gasteiger charge is 2.23. The average Bonchev–Trinajstić information content (AvgIpc) is 2.66. The number of benzene rings is 1. The van der Waals surface area contributed by atoms with Gasteiger partial charge in [-0.05, 0) is 30.7 Å². The van der Waals surface area contributed by atoms with Crippen molar-refractivity contribution in [3.63, 3.8) is 0 Å². The van der Waals surface area contributed by atoms with Crippen LogP contribution >= 0.6 is 0 Å². The van der Waals surface area contributed by atoms with Gasteiger partial charge in [0.15, 0.2) is 6.10 Å². The van der Waals surface area contributed by atoms with Crippen LogP contribution < -0.4 is 5.32 Å². The molecule has 0 saturated carbocycles. The highest BCUT2D eigenvalue weighted by atomic mass is 16.6. The molecule has 28 heavy (non-hydrogen) atoms. The number of carboxylic acids is 1. The van der Waals surface area contributed by atoms with Crippen LogP contribution in [0.15, 0.2) is 24.3 Å². The zero-order valence-electron chi connectivity index (χ0n) is 16.5. The number of hydrogen-bond donors (Lipinski definition) is 3. The zero-order chi connectivity index (χ0) is 20.8. The number of rotatable bonds is 14. The second kappa shape index (κ2) is 13.7. The number of aliphatic hydroxyl groups excluding tert-OH is 1. The molecule has 0 radical (unpaired) electrons. The SMILES string of the molecule is CCCCCCCCCCNc1ccc(C(=O)OC(=O)C(O)CC(=O)O)cc1. The van der Waals surface area contributed by atoms with E-state index in [4.69, 9.17) is 5.11 Å². The van der Waals surface area contributed by atoms with Gasteiger partial charge < -0.3 is 20.3 Å². The maximum absolute atomic E-state index is 11.9. The van der Waals surface area contributed by atoms with Crippen LogP contribution in [0.3, 0.4) is 0 Å². The lowest BCUT2D eigenvalue weighted by Gasteiger charge is -2.09. The summed E-state index contributed by atoms with van der Waals surface area (Å²) >= 11 is 0. The number of anilines is 1. The Morgan fingerprint density at radius 3 is 2.11 bits per heavy atom. The molecular weight excluding hydrogens is 362 g/mol. The van der Waals surface area contributed by atoms with Crippen LogP contribution in [0.1, 0.15) is 75.1 Å². The van der Waals surface area contributed by atoms with E-state index >= 15 is 0 Å². The number of nitrogens with one attached hydrogen (secondary N) is 1. The maximum atomic E-state index is 11.9. The first-order valence-corrected chi connectivity index (χ1v) is 9.93. The van der Waals surface area contributed by atoms with Crippen molar-refractivity contribution >= 4 is 23.6 Å². The molecule has 0 saturated heterocycles. The normalized spacial score (nSPS) is 11.6. The van der Waals surface area contributed by atoms with Gasteiger partial charge in [0.05, 0.1) is 12.0 Å². The standard InChI is InChI=1S/C21H31NO6/c1-2-3-4-5-6-7-8-9-14-22-17-12-10-16(11-13-17)20(26)28-21(27)18(23)15-19(24)25/h10-13,18,22-23H,2-9,14-15H2,1H3,(H,24,25). The number of aliphatic hydroxyl groups is 1. The average molecular weight is 393 g/mol. The van der Waals surface area contributed by atoms with Crippen molar-refractivity contribution in [2.75, 3.05) is 11.9 Å². The molecule has 7 heteroatoms. The second-order valence-electron chi connectivity index (χ2n) is 6.80. The predicted octanol–water partition coefficient (Wildman–Crippen LogP) is 3.76. The van der Waals surface area contributed by atoms with E-state index in [2.05, 4.69) is 17.0 Å². The lowest BCUT2D eigenvalue weighted by Crippen LogP contribution is -2.28. The fourth-order valence-electron chi connectivity index (χ4n) is 2.68. The summed E-state index contributed by atoms with van der Waals surface area (Å²) in [5.41, 5.74) is 1.00. The molecule has 0 heterocycles. The quantitative estimate of drug-likeness (QED) is 0.250. The van der Waals surface area contributed by atoms with Gasteiger partial charge in [0.25, 0.3) is 0 Å². The van der Waals surface area contributed by atoms with Crippen molar-refractivity contribution in [3.8, 4) is 0 Å². The van der Waals surface area contributed by atoms with Crippen LogP contribution in [0.2, 0.25) is 0 Å². The fourth-order valence-corrected chi connectivity index (χ4v) is 2.68. The monoisotopic (exact) mass is 393 g/mol. The van der Waals surface area contributed by atoms with Gasteiger partial charge >= 0.3 is 17.9 Å². The van der Waals surface area contributed by atoms with Gasteiger partial charge in [0, 0.05) is 12.2 Å². The zero-order valence-corrected chi connectivity index (χ0v) is 16.5. The van der Waals surface area contributed by atoms with Gasteiger partial charge in [0.1, 0.15) is 0 Å². The molecule has 3 N–H and O–H groups in total. The highest BCUT2D eigenvalue weighted by molar-refractivity contribution is 5.98. The molecule has 7 nitrogen and oxygen atoms in total. The van der Waals surface area contributed by atoms with Gasteiger partial charge in [-0.25, -0.2) is 9.59 Å². The van der Waals surface area contributed by atoms with Gasteiger partial charge in [-0.3, -0.25) is 4.79 Å². The van der Waals surface area contributed by atoms with Crippen molar-refractivity contribution in [2.24, 2.45) is 0 Å². The first-order chi connectivity index (χ1) is 13.4. The van der Waals surface area contributed by atoms with Crippen LogP contribution in [0.4, 0.5) is 5.69 Å². The minimum absolute atomic E-state index is 0.147. The molecule has 1 aromatic carbocycles. The van der Waals surface area contributed by atoms with Crippen molar-refractivity contribution in [1.29, 1.82) is 0 Å². The van der Waals surface area contributed by atoms with E-state index in [1.165, 1.54) is 57.1 Å². The molecule has 0 aliphatic rings. The summed E-state index contributed by atoms with van der Waals surface area (Å²) in [6, 6.07) is 6.43. The number of aliphatic carboxylic acids is 1. The largest absolute Gasteiger partial charge is 0.481 e. The molecule has 0 aliphatic carbocycles. The van der Waals surface area contributed by atoms with E-state index in [1.807, 2.05) is 0 Å². The van der Waals surface area contributed by atoms with Crippen LogP contribution in [0, 0.1) is 0 Å². The van der Waals surface area contributed by atoms with Crippen LogP contribution in [-0.4, -0.2) is 40.8 Å². The molecule has 1 rings (SSSR count). The lowest BCUT2D eigenvalue weighted by molar-refractivity contribution is -0.153. The van der Waals surface area contributed by atoms with Gasteiger partial charge in [-0.1, -0.05) is 51.9 Å². The number of hydrogen-bond acceptors (Lipinski definition) is 6. The Bertz CT molecular complexity index is 614. The minimum Gasteiger partial charge on any atom is -0.481 e. The number of esters is 2. The first-order valence-electron chi connectivity index (χ1n) is 9.93. The molecule has 1 unspecified atom stereocenters. The fraction of sp³-hybridized carbons (Fsp3) is 0.571. The van der Waals surface area contributed by atoms with Crippen molar-refractivity contribution < 1.29 is 29.3 Å². The minimum atomic E-state index is -1.87. The van der Waals surface area contributed by atoms with Gasteiger partial charge in [-0.2, -0.15) is 0 Å². The van der Waals surface area contributed by atoms with E-state index in [-0.39, 0.29) is 5.56 Å². The maximum Gasteiger partial charge on any atom is 0.345 e. The molecule has 0 aliphatic heterocycles. The Morgan fingerprint density at radius 2 is 1.54 bits per heavy atom. The summed E-state index contributed by atoms with van der Waals surface area (Å²) < 4.78 is 4.49. The van der Waals surface area contributed by atoms with Gasteiger partial charge in [-0.15, -0.1) is 0 Å². The molecule has 0 fully saturated rings. The summed E-state index contributed by atoms with van der Waals surface area (Å²) in [5.74, 6) is -3.56. The Kier molecular flexibility index (Phi) is 11.6. The Labute approximate surface area is 166 Å². The molecular formula is C21H31NO6. The van der Waals surface area contributed by atoms with E-state index in [0.717, 1.165) is 18.7 Å². The number of unbranched alkanes of at least 4 members (excludes halogenated alkanes) is 7. The van der Waals surface area contributed by atoms with E-state index < -0.39 is 30.4 Å². The molecule has 0 bridgehead atoms. The topological polar surface area (TPSA) is 113 Å². The number of carboxylic acid groups (broad SMARTS) is 1. The van der Waals surface area contributed by atoms with Crippen molar-refractivity contribution in [3.05, 3.63) is 29.8 Å². The highest BCUT2D eigenvalue weighted by Crippen LogP contribution is 2.13. The molecule has 0 amide bonds. The Balaban J connectivity index is 2.26. The summed E-state index contributed by atoms with van der Waals surface area (Å²) in [4.78, 5) is 33.8. The van der Waals surface area contributed by atoms with E-state index in [9.17, 15) is 19.5 Å². The molecule has 1 aromatic rings. The molecule has 156 valence electrons. The van der Waals surface area contributed by atoms with E-state index in [1.54, 1.807) is 12.1 Å². The first kappa shape index (κ1) is 23.6. The molecule has 1 atom stereocenters. The predicted molar refractivity (Wildman–Crippen MR) is 106 cm³/mol. The summed E-state index contributed by atoms with van der Waals surface area (Å²) in [6.07, 6.45) is 7.35. The summed E-state index contributed by atoms with van der Waals surface area (Å²) in [5, 5.41) is 21.1. The lowest BCUT2D eigenvalue weighted by atomic mass is 10.1. The molecule has 0 aromatic heterocycles. The van der Waals surface area contributed by atoms with E-state index in [0.29, 0.717) is 0 Å². The third kappa shape index (κ3) is 10.1. The Hall–Kier alpha value is -2.41. The van der Waals surface area contributed by atoms with Crippen LogP contribution in [0.5, 0.6) is 0 Å². The summed E-state index contributed by atoms with van der Waals surface area (Å²) in [7, 11) is 0. The molecule has 0 spiro atoms. The van der Waals surface area contributed by atoms with Crippen LogP contribution in [-0.2, 0) is 14.3 Å². The van der Waals surface area contributed by atoms with Gasteiger partial charge in [0.2, 0.25) is 0 Å². The number of ether oxygens (including phenoxy) is 1.